The van der Waals surface area contributed by atoms with Gasteiger partial charge in [-0.3, -0.25) is 14.4 Å². The molecular weight excluding hydrogens is 288 g/mol. The molecule has 0 aromatic heterocycles. The zero-order chi connectivity index (χ0) is 15.3. The molecule has 1 unspecified atom stereocenters. The number of carbonyl (C=O) groups excluding carboxylic acids is 3. The number of hydrogen-bond donors (Lipinski definition) is 0. The highest BCUT2D eigenvalue weighted by atomic mass is 32.2. The lowest BCUT2D eigenvalue weighted by atomic mass is 9.92. The fraction of sp³-hybridized carbons (Fsp3) is 0.750. The Kier molecular flexibility index (Phi) is 5.67. The first-order valence-electron chi connectivity index (χ1n) is 6.39. The van der Waals surface area contributed by atoms with E-state index in [1.165, 1.54) is 0 Å². The molecule has 1 aliphatic rings. The van der Waals surface area contributed by atoms with Crippen LogP contribution in [0.5, 0.6) is 0 Å². The van der Waals surface area contributed by atoms with Crippen LogP contribution in [0.3, 0.4) is 0 Å². The van der Waals surface area contributed by atoms with E-state index in [1.54, 1.807) is 13.8 Å². The van der Waals surface area contributed by atoms with Crippen molar-refractivity contribution in [2.24, 2.45) is 11.8 Å². The second-order valence-electron chi connectivity index (χ2n) is 4.44. The number of carbonyl (C=O) groups is 3. The van der Waals surface area contributed by atoms with Crippen molar-refractivity contribution in [2.75, 3.05) is 24.7 Å². The van der Waals surface area contributed by atoms with Gasteiger partial charge >= 0.3 is 11.9 Å². The standard InChI is InChI=1S/C12H18O7S/c1-3-18-11(14)9(12(15)19-4-2)10(13)8-5-6-20(16,17)7-8/h8-9H,3-7H2,1-2H3. The van der Waals surface area contributed by atoms with Crippen molar-refractivity contribution in [1.29, 1.82) is 0 Å². The first-order valence-corrected chi connectivity index (χ1v) is 8.22. The van der Waals surface area contributed by atoms with Crippen molar-refractivity contribution in [3.05, 3.63) is 0 Å². The molecule has 114 valence electrons. The Labute approximate surface area is 117 Å². The van der Waals surface area contributed by atoms with Crippen LogP contribution in [-0.2, 0) is 33.7 Å². The molecule has 1 heterocycles. The summed E-state index contributed by atoms with van der Waals surface area (Å²) in [5, 5.41) is 0. The first kappa shape index (κ1) is 16.6. The summed E-state index contributed by atoms with van der Waals surface area (Å²) in [6.45, 7) is 3.13. The Balaban J connectivity index is 2.90. The van der Waals surface area contributed by atoms with Crippen LogP contribution in [0, 0.1) is 11.8 Å². The number of hydrogen-bond acceptors (Lipinski definition) is 7. The van der Waals surface area contributed by atoms with Gasteiger partial charge in [-0.2, -0.15) is 0 Å². The van der Waals surface area contributed by atoms with Crippen LogP contribution in [-0.4, -0.2) is 50.9 Å². The lowest BCUT2D eigenvalue weighted by Gasteiger charge is -2.16. The molecule has 0 aromatic carbocycles. The maximum absolute atomic E-state index is 12.2. The third kappa shape index (κ3) is 4.03. The molecule has 1 rings (SSSR count). The summed E-state index contributed by atoms with van der Waals surface area (Å²) in [5.74, 6) is -5.68. The lowest BCUT2D eigenvalue weighted by molar-refractivity contribution is -0.164. The predicted molar refractivity (Wildman–Crippen MR) is 68.5 cm³/mol. The Morgan fingerprint density at radius 2 is 1.60 bits per heavy atom. The molecule has 0 bridgehead atoms. The van der Waals surface area contributed by atoms with E-state index in [0.29, 0.717) is 0 Å². The minimum Gasteiger partial charge on any atom is -0.465 e. The predicted octanol–water partition coefficient (Wildman–Crippen LogP) is -0.267. The Bertz CT molecular complexity index is 476. The van der Waals surface area contributed by atoms with Crippen molar-refractivity contribution in [1.82, 2.24) is 0 Å². The maximum atomic E-state index is 12.2. The van der Waals surface area contributed by atoms with Gasteiger partial charge in [-0.1, -0.05) is 0 Å². The molecular formula is C12H18O7S. The lowest BCUT2D eigenvalue weighted by Crippen LogP contribution is -2.38. The second kappa shape index (κ2) is 6.83. The number of rotatable bonds is 6. The van der Waals surface area contributed by atoms with E-state index < -0.39 is 39.4 Å². The van der Waals surface area contributed by atoms with Gasteiger partial charge in [0.05, 0.1) is 24.7 Å². The van der Waals surface area contributed by atoms with Crippen LogP contribution in [0.25, 0.3) is 0 Å². The van der Waals surface area contributed by atoms with E-state index >= 15 is 0 Å². The first-order chi connectivity index (χ1) is 9.32. The highest BCUT2D eigenvalue weighted by Gasteiger charge is 2.44. The van der Waals surface area contributed by atoms with Gasteiger partial charge in [0, 0.05) is 5.92 Å². The molecule has 7 nitrogen and oxygen atoms in total. The van der Waals surface area contributed by atoms with Gasteiger partial charge in [-0.05, 0) is 20.3 Å². The van der Waals surface area contributed by atoms with Crippen LogP contribution in [0.1, 0.15) is 20.3 Å². The normalized spacial score (nSPS) is 20.6. The number of Topliss-reactive ketones (excluding diaryl/α,β-unsaturated/α-hetero) is 1. The third-order valence-electron chi connectivity index (χ3n) is 2.96. The van der Waals surface area contributed by atoms with Gasteiger partial charge in [-0.25, -0.2) is 8.42 Å². The summed E-state index contributed by atoms with van der Waals surface area (Å²) in [6, 6.07) is 0. The van der Waals surface area contributed by atoms with Crippen molar-refractivity contribution < 1.29 is 32.3 Å². The van der Waals surface area contributed by atoms with Gasteiger partial charge < -0.3 is 9.47 Å². The van der Waals surface area contributed by atoms with Crippen LogP contribution < -0.4 is 0 Å². The quantitative estimate of drug-likeness (QED) is 0.491. The van der Waals surface area contributed by atoms with E-state index in [9.17, 15) is 22.8 Å². The average Bonchev–Trinajstić information content (AvgIpc) is 2.70. The van der Waals surface area contributed by atoms with Gasteiger partial charge in [0.25, 0.3) is 0 Å². The van der Waals surface area contributed by atoms with Gasteiger partial charge in [-0.15, -0.1) is 0 Å². The van der Waals surface area contributed by atoms with E-state index in [1.807, 2.05) is 0 Å². The second-order valence-corrected chi connectivity index (χ2v) is 6.67. The summed E-state index contributed by atoms with van der Waals surface area (Å²) in [5.41, 5.74) is 0. The zero-order valence-electron chi connectivity index (χ0n) is 11.5. The van der Waals surface area contributed by atoms with Crippen molar-refractivity contribution in [2.45, 2.75) is 20.3 Å². The van der Waals surface area contributed by atoms with E-state index in [2.05, 4.69) is 0 Å². The number of sulfone groups is 1. The summed E-state index contributed by atoms with van der Waals surface area (Å²) in [6.07, 6.45) is 0.122. The SMILES string of the molecule is CCOC(=O)C(C(=O)OCC)C(=O)C1CCS(=O)(=O)C1. The van der Waals surface area contributed by atoms with Crippen LogP contribution in [0.4, 0.5) is 0 Å². The smallest absolute Gasteiger partial charge is 0.328 e. The number of ketones is 1. The zero-order valence-corrected chi connectivity index (χ0v) is 12.3. The Hall–Kier alpha value is -1.44. The Morgan fingerprint density at radius 1 is 1.10 bits per heavy atom. The molecule has 0 aromatic rings. The van der Waals surface area contributed by atoms with Crippen molar-refractivity contribution >= 4 is 27.6 Å². The molecule has 0 amide bonds. The van der Waals surface area contributed by atoms with Gasteiger partial charge in [0.1, 0.15) is 0 Å². The molecule has 0 aliphatic carbocycles. The van der Waals surface area contributed by atoms with Crippen molar-refractivity contribution in [3.63, 3.8) is 0 Å². The van der Waals surface area contributed by atoms with Crippen molar-refractivity contribution in [3.8, 4) is 0 Å². The summed E-state index contributed by atoms with van der Waals surface area (Å²) >= 11 is 0. The minimum atomic E-state index is -3.28. The van der Waals surface area contributed by atoms with Gasteiger partial charge in [0.2, 0.25) is 5.92 Å². The fourth-order valence-corrected chi connectivity index (χ4v) is 3.79. The summed E-state index contributed by atoms with van der Waals surface area (Å²) in [7, 11) is -3.28. The largest absolute Gasteiger partial charge is 0.465 e. The summed E-state index contributed by atoms with van der Waals surface area (Å²) in [4.78, 5) is 35.7. The highest BCUT2D eigenvalue weighted by Crippen LogP contribution is 2.23. The molecule has 0 radical (unpaired) electrons. The molecule has 8 heteroatoms. The van der Waals surface area contributed by atoms with E-state index in [-0.39, 0.29) is 31.1 Å². The van der Waals surface area contributed by atoms with Crippen LogP contribution in [0.2, 0.25) is 0 Å². The fourth-order valence-electron chi connectivity index (χ4n) is 2.03. The van der Waals surface area contributed by atoms with E-state index in [0.717, 1.165) is 0 Å². The molecule has 0 spiro atoms. The topological polar surface area (TPSA) is 104 Å². The molecule has 1 fully saturated rings. The molecule has 20 heavy (non-hydrogen) atoms. The Morgan fingerprint density at radius 3 is 1.95 bits per heavy atom. The highest BCUT2D eigenvalue weighted by molar-refractivity contribution is 7.91. The van der Waals surface area contributed by atoms with Crippen LogP contribution in [0.15, 0.2) is 0 Å². The maximum Gasteiger partial charge on any atom is 0.328 e. The third-order valence-corrected chi connectivity index (χ3v) is 4.73. The number of esters is 2. The van der Waals surface area contributed by atoms with Crippen LogP contribution >= 0.6 is 0 Å². The minimum absolute atomic E-state index is 0.0188. The molecule has 0 saturated carbocycles. The molecule has 1 aliphatic heterocycles. The number of ether oxygens (including phenoxy) is 2. The average molecular weight is 306 g/mol. The molecule has 0 N–H and O–H groups in total. The monoisotopic (exact) mass is 306 g/mol. The van der Waals surface area contributed by atoms with E-state index in [4.69, 9.17) is 9.47 Å². The summed E-state index contributed by atoms with van der Waals surface area (Å²) < 4.78 is 32.1. The molecule has 1 atom stereocenters. The molecule has 1 saturated heterocycles. The van der Waals surface area contributed by atoms with Gasteiger partial charge in [0.15, 0.2) is 15.6 Å².